The molecule has 1 aromatic carbocycles. The second-order valence-corrected chi connectivity index (χ2v) is 6.20. The zero-order valence-electron chi connectivity index (χ0n) is 13.6. The number of rotatable bonds is 3. The highest BCUT2D eigenvalue weighted by Crippen LogP contribution is 2.29. The van der Waals surface area contributed by atoms with Gasteiger partial charge in [0.25, 0.3) is 5.91 Å². The van der Waals surface area contributed by atoms with Crippen LogP contribution in [0.4, 0.5) is 0 Å². The lowest BCUT2D eigenvalue weighted by Crippen LogP contribution is -2.17. The number of hydrazone groups is 1. The molecule has 0 bridgehead atoms. The Balaban J connectivity index is 1.54. The number of hydrogen-bond donors (Lipinski definition) is 2. The van der Waals surface area contributed by atoms with Crippen molar-refractivity contribution in [3.63, 3.8) is 0 Å². The quantitative estimate of drug-likeness (QED) is 0.570. The Kier molecular flexibility index (Phi) is 3.69. The first kappa shape index (κ1) is 14.8. The lowest BCUT2D eigenvalue weighted by atomic mass is 9.95. The molecular formula is C19H19N3O2. The van der Waals surface area contributed by atoms with Gasteiger partial charge in [0.1, 0.15) is 11.5 Å². The van der Waals surface area contributed by atoms with Crippen molar-refractivity contribution >= 4 is 23.0 Å². The van der Waals surface area contributed by atoms with E-state index in [2.05, 4.69) is 15.5 Å². The van der Waals surface area contributed by atoms with Crippen LogP contribution in [0.3, 0.4) is 0 Å². The van der Waals surface area contributed by atoms with Crippen molar-refractivity contribution in [1.29, 1.82) is 0 Å². The maximum atomic E-state index is 12.3. The molecule has 1 aliphatic carbocycles. The summed E-state index contributed by atoms with van der Waals surface area (Å²) in [6.45, 7) is 1.86. The van der Waals surface area contributed by atoms with Crippen molar-refractivity contribution in [3.05, 3.63) is 58.7 Å². The zero-order valence-corrected chi connectivity index (χ0v) is 13.6. The Morgan fingerprint density at radius 3 is 2.96 bits per heavy atom. The normalized spacial score (nSPS) is 14.2. The van der Waals surface area contributed by atoms with Gasteiger partial charge in [-0.2, -0.15) is 5.10 Å². The van der Waals surface area contributed by atoms with E-state index in [0.717, 1.165) is 29.5 Å². The molecule has 2 N–H and O–H groups in total. The molecule has 0 spiro atoms. The van der Waals surface area contributed by atoms with Gasteiger partial charge in [0.15, 0.2) is 0 Å². The minimum absolute atomic E-state index is 0.220. The van der Waals surface area contributed by atoms with E-state index in [9.17, 15) is 4.79 Å². The van der Waals surface area contributed by atoms with E-state index in [1.165, 1.54) is 30.3 Å². The van der Waals surface area contributed by atoms with Crippen molar-refractivity contribution in [2.75, 3.05) is 0 Å². The predicted molar refractivity (Wildman–Crippen MR) is 93.4 cm³/mol. The lowest BCUT2D eigenvalue weighted by Gasteiger charge is -2.10. The first-order chi connectivity index (χ1) is 11.7. The molecule has 0 saturated carbocycles. The summed E-state index contributed by atoms with van der Waals surface area (Å²) in [6.07, 6.45) is 6.12. The molecule has 24 heavy (non-hydrogen) atoms. The number of H-pyrrole nitrogens is 1. The van der Waals surface area contributed by atoms with Gasteiger partial charge in [0, 0.05) is 22.2 Å². The van der Waals surface area contributed by atoms with Gasteiger partial charge in [0.05, 0.1) is 6.21 Å². The van der Waals surface area contributed by atoms with Crippen molar-refractivity contribution in [2.45, 2.75) is 32.6 Å². The van der Waals surface area contributed by atoms with Gasteiger partial charge in [-0.15, -0.1) is 0 Å². The molecule has 122 valence electrons. The second kappa shape index (κ2) is 6.00. The van der Waals surface area contributed by atoms with Gasteiger partial charge in [-0.1, -0.05) is 0 Å². The first-order valence-corrected chi connectivity index (χ1v) is 8.24. The number of carbonyl (C=O) groups is 1. The number of carbonyl (C=O) groups excluding carboxylic acids is 1. The predicted octanol–water partition coefficient (Wildman–Crippen LogP) is 3.71. The van der Waals surface area contributed by atoms with Gasteiger partial charge in [-0.25, -0.2) is 5.43 Å². The number of furan rings is 1. The van der Waals surface area contributed by atoms with Crippen LogP contribution >= 0.6 is 0 Å². The molecule has 0 fully saturated rings. The third kappa shape index (κ3) is 2.73. The lowest BCUT2D eigenvalue weighted by molar-refractivity contribution is 0.0955. The van der Waals surface area contributed by atoms with E-state index in [-0.39, 0.29) is 5.91 Å². The molecule has 1 aliphatic rings. The number of nitrogens with one attached hydrogen (secondary N) is 2. The van der Waals surface area contributed by atoms with Gasteiger partial charge >= 0.3 is 0 Å². The number of aromatic nitrogens is 1. The summed E-state index contributed by atoms with van der Waals surface area (Å²) in [5.41, 5.74) is 6.95. The summed E-state index contributed by atoms with van der Waals surface area (Å²) in [7, 11) is 0. The van der Waals surface area contributed by atoms with Gasteiger partial charge < -0.3 is 9.40 Å². The summed E-state index contributed by atoms with van der Waals surface area (Å²) >= 11 is 0. The van der Waals surface area contributed by atoms with E-state index in [0.29, 0.717) is 11.3 Å². The van der Waals surface area contributed by atoms with Crippen LogP contribution in [-0.4, -0.2) is 17.1 Å². The number of nitrogens with zero attached hydrogens (tertiary/aromatic N) is 1. The van der Waals surface area contributed by atoms with Crippen molar-refractivity contribution < 1.29 is 9.21 Å². The van der Waals surface area contributed by atoms with Crippen molar-refractivity contribution in [3.8, 4) is 0 Å². The molecule has 3 aromatic rings. The molecule has 0 aliphatic heterocycles. The minimum Gasteiger partial charge on any atom is -0.460 e. The SMILES string of the molecule is Cc1ccc(/C=N/NC(=O)c2ccc3[nH]c4c(c3c2)CCCC4)o1. The van der Waals surface area contributed by atoms with E-state index in [4.69, 9.17) is 4.42 Å². The highest BCUT2D eigenvalue weighted by atomic mass is 16.3. The summed E-state index contributed by atoms with van der Waals surface area (Å²) in [5.74, 6) is 1.20. The van der Waals surface area contributed by atoms with E-state index in [1.807, 2.05) is 37.3 Å². The van der Waals surface area contributed by atoms with Crippen molar-refractivity contribution in [2.24, 2.45) is 5.10 Å². The highest BCUT2D eigenvalue weighted by molar-refractivity contribution is 5.99. The summed E-state index contributed by atoms with van der Waals surface area (Å²) in [5, 5.41) is 5.12. The summed E-state index contributed by atoms with van der Waals surface area (Å²) in [6, 6.07) is 9.42. The molecule has 2 aromatic heterocycles. The number of aromatic amines is 1. The van der Waals surface area contributed by atoms with Crippen LogP contribution in [0.25, 0.3) is 10.9 Å². The third-order valence-corrected chi connectivity index (χ3v) is 4.48. The fourth-order valence-electron chi connectivity index (χ4n) is 3.29. The van der Waals surface area contributed by atoms with Crippen LogP contribution in [-0.2, 0) is 12.8 Å². The largest absolute Gasteiger partial charge is 0.460 e. The van der Waals surface area contributed by atoms with Crippen LogP contribution in [0.2, 0.25) is 0 Å². The minimum atomic E-state index is -0.220. The molecule has 0 unspecified atom stereocenters. The number of hydrogen-bond acceptors (Lipinski definition) is 3. The maximum Gasteiger partial charge on any atom is 0.271 e. The average Bonchev–Trinajstić information content (AvgIpc) is 3.17. The molecule has 1 amide bonds. The van der Waals surface area contributed by atoms with Crippen molar-refractivity contribution in [1.82, 2.24) is 10.4 Å². The topological polar surface area (TPSA) is 70.4 Å². The van der Waals surface area contributed by atoms with Crippen LogP contribution in [0, 0.1) is 6.92 Å². The van der Waals surface area contributed by atoms with Gasteiger partial charge in [-0.05, 0) is 68.5 Å². The number of aryl methyl sites for hydroxylation is 3. The van der Waals surface area contributed by atoms with Crippen LogP contribution in [0.1, 0.15) is 46.0 Å². The standard InChI is InChI=1S/C19H19N3O2/c1-12-6-8-14(24-12)11-20-22-19(23)13-7-9-18-16(10-13)15-4-2-3-5-17(15)21-18/h6-11,21H,2-5H2,1H3,(H,22,23)/b20-11+. The Morgan fingerprint density at radius 1 is 1.25 bits per heavy atom. The van der Waals surface area contributed by atoms with Crippen LogP contribution < -0.4 is 5.43 Å². The monoisotopic (exact) mass is 321 g/mol. The molecular weight excluding hydrogens is 302 g/mol. The molecule has 5 heteroatoms. The summed E-state index contributed by atoms with van der Waals surface area (Å²) < 4.78 is 5.38. The van der Waals surface area contributed by atoms with E-state index in [1.54, 1.807) is 0 Å². The smallest absolute Gasteiger partial charge is 0.271 e. The molecule has 0 atom stereocenters. The molecule has 5 nitrogen and oxygen atoms in total. The Hall–Kier alpha value is -2.82. The average molecular weight is 321 g/mol. The van der Waals surface area contributed by atoms with Crippen LogP contribution in [0.5, 0.6) is 0 Å². The zero-order chi connectivity index (χ0) is 16.5. The highest BCUT2D eigenvalue weighted by Gasteiger charge is 2.16. The Labute approximate surface area is 139 Å². The molecule has 4 rings (SSSR count). The number of amides is 1. The van der Waals surface area contributed by atoms with Gasteiger partial charge in [-0.3, -0.25) is 4.79 Å². The molecule has 0 radical (unpaired) electrons. The van der Waals surface area contributed by atoms with Gasteiger partial charge in [0.2, 0.25) is 0 Å². The fourth-order valence-corrected chi connectivity index (χ4v) is 3.29. The second-order valence-electron chi connectivity index (χ2n) is 6.20. The molecule has 2 heterocycles. The maximum absolute atomic E-state index is 12.3. The van der Waals surface area contributed by atoms with Crippen LogP contribution in [0.15, 0.2) is 39.9 Å². The van der Waals surface area contributed by atoms with E-state index >= 15 is 0 Å². The molecule has 0 saturated heterocycles. The van der Waals surface area contributed by atoms with E-state index < -0.39 is 0 Å². The number of benzene rings is 1. The third-order valence-electron chi connectivity index (χ3n) is 4.48. The Bertz CT molecular complexity index is 933. The fraction of sp³-hybridized carbons (Fsp3) is 0.263. The Morgan fingerprint density at radius 2 is 2.12 bits per heavy atom. The first-order valence-electron chi connectivity index (χ1n) is 8.24. The number of fused-ring (bicyclic) bond motifs is 3. The summed E-state index contributed by atoms with van der Waals surface area (Å²) in [4.78, 5) is 15.8.